The maximum Gasteiger partial charge on any atom is 0.0489 e. The zero-order valence-corrected chi connectivity index (χ0v) is 12.6. The molecule has 2 aliphatic carbocycles. The molecule has 3 rings (SSSR count). The van der Waals surface area contributed by atoms with Crippen LogP contribution in [0.2, 0.25) is 0 Å². The Balaban J connectivity index is 1.62. The van der Waals surface area contributed by atoms with E-state index < -0.39 is 0 Å². The van der Waals surface area contributed by atoms with Crippen LogP contribution in [0.15, 0.2) is 0 Å². The average molecular weight is 264 g/mol. The summed E-state index contributed by atoms with van der Waals surface area (Å²) in [4.78, 5) is 2.88. The fourth-order valence-corrected chi connectivity index (χ4v) is 4.61. The van der Waals surface area contributed by atoms with Crippen LogP contribution in [-0.2, 0) is 0 Å². The predicted molar refractivity (Wildman–Crippen MR) is 81.2 cm³/mol. The first kappa shape index (κ1) is 13.9. The van der Waals surface area contributed by atoms with Gasteiger partial charge in [0, 0.05) is 24.8 Å². The maximum absolute atomic E-state index is 3.84. The van der Waals surface area contributed by atoms with Gasteiger partial charge >= 0.3 is 0 Å². The molecule has 2 nitrogen and oxygen atoms in total. The minimum atomic E-state index is 0.811. The topological polar surface area (TPSA) is 15.3 Å². The van der Waals surface area contributed by atoms with E-state index in [1.165, 1.54) is 90.1 Å². The normalized spacial score (nSPS) is 36.0. The summed E-state index contributed by atoms with van der Waals surface area (Å²) >= 11 is 0. The quantitative estimate of drug-likeness (QED) is 0.768. The summed E-state index contributed by atoms with van der Waals surface area (Å²) in [7, 11) is 0. The second-order valence-electron chi connectivity index (χ2n) is 7.04. The molecule has 0 radical (unpaired) electrons. The Hall–Kier alpha value is -0.0800. The highest BCUT2D eigenvalue weighted by Crippen LogP contribution is 2.31. The van der Waals surface area contributed by atoms with Crippen molar-refractivity contribution in [1.82, 2.24) is 10.2 Å². The third-order valence-corrected chi connectivity index (χ3v) is 5.74. The Kier molecular flexibility index (Phi) is 5.17. The Bertz CT molecular complexity index is 258. The van der Waals surface area contributed by atoms with Gasteiger partial charge < -0.3 is 0 Å². The van der Waals surface area contributed by atoms with Crippen LogP contribution in [0.5, 0.6) is 0 Å². The second-order valence-corrected chi connectivity index (χ2v) is 7.04. The van der Waals surface area contributed by atoms with E-state index in [4.69, 9.17) is 0 Å². The first-order chi connectivity index (χ1) is 9.45. The molecule has 2 unspecified atom stereocenters. The third kappa shape index (κ3) is 3.52. The SMILES string of the molecule is C1CCCC(N2CNC3CCCCCCC32)CCC1. The molecule has 3 fully saturated rings. The fraction of sp³-hybridized carbons (Fsp3) is 1.00. The van der Waals surface area contributed by atoms with Gasteiger partial charge in [0.05, 0.1) is 0 Å². The molecule has 1 aliphatic heterocycles. The summed E-state index contributed by atoms with van der Waals surface area (Å²) in [5.41, 5.74) is 0. The molecule has 0 spiro atoms. The molecule has 3 aliphatic rings. The minimum absolute atomic E-state index is 0.811. The number of hydrogen-bond acceptors (Lipinski definition) is 2. The molecule has 0 aromatic heterocycles. The summed E-state index contributed by atoms with van der Waals surface area (Å²) in [5.74, 6) is 0. The molecule has 2 saturated carbocycles. The molecule has 0 aromatic carbocycles. The van der Waals surface area contributed by atoms with E-state index in [0.717, 1.165) is 18.1 Å². The van der Waals surface area contributed by atoms with Gasteiger partial charge in [0.25, 0.3) is 0 Å². The van der Waals surface area contributed by atoms with Crippen molar-refractivity contribution in [2.24, 2.45) is 0 Å². The van der Waals surface area contributed by atoms with Crippen LogP contribution in [0.3, 0.4) is 0 Å². The van der Waals surface area contributed by atoms with Crippen LogP contribution in [-0.4, -0.2) is 29.7 Å². The van der Waals surface area contributed by atoms with Crippen LogP contribution >= 0.6 is 0 Å². The highest BCUT2D eigenvalue weighted by atomic mass is 15.3. The minimum Gasteiger partial charge on any atom is -0.300 e. The number of nitrogens with one attached hydrogen (secondary N) is 1. The molecule has 2 heteroatoms. The van der Waals surface area contributed by atoms with Crippen LogP contribution in [0, 0.1) is 0 Å². The maximum atomic E-state index is 3.84. The lowest BCUT2D eigenvalue weighted by Gasteiger charge is -2.36. The van der Waals surface area contributed by atoms with E-state index in [-0.39, 0.29) is 0 Å². The molecular formula is C17H32N2. The van der Waals surface area contributed by atoms with Gasteiger partial charge in [-0.25, -0.2) is 0 Å². The van der Waals surface area contributed by atoms with Gasteiger partial charge in [-0.3, -0.25) is 10.2 Å². The molecule has 0 aromatic rings. The highest BCUT2D eigenvalue weighted by molar-refractivity contribution is 4.94. The van der Waals surface area contributed by atoms with Crippen molar-refractivity contribution in [2.75, 3.05) is 6.67 Å². The zero-order valence-electron chi connectivity index (χ0n) is 12.6. The summed E-state index contributed by atoms with van der Waals surface area (Å²) in [6.07, 6.45) is 19.0. The average Bonchev–Trinajstić information content (AvgIpc) is 2.70. The molecule has 0 bridgehead atoms. The summed E-state index contributed by atoms with van der Waals surface area (Å²) in [6, 6.07) is 2.57. The Labute approximate surface area is 119 Å². The largest absolute Gasteiger partial charge is 0.300 e. The van der Waals surface area contributed by atoms with Gasteiger partial charge in [-0.2, -0.15) is 0 Å². The molecule has 2 atom stereocenters. The first-order valence-electron chi connectivity index (χ1n) is 8.94. The third-order valence-electron chi connectivity index (χ3n) is 5.74. The number of hydrogen-bond donors (Lipinski definition) is 1. The fourth-order valence-electron chi connectivity index (χ4n) is 4.61. The Morgan fingerprint density at radius 1 is 0.632 bits per heavy atom. The molecule has 0 amide bonds. The van der Waals surface area contributed by atoms with E-state index in [9.17, 15) is 0 Å². The van der Waals surface area contributed by atoms with Crippen molar-refractivity contribution >= 4 is 0 Å². The van der Waals surface area contributed by atoms with E-state index >= 15 is 0 Å². The Morgan fingerprint density at radius 3 is 1.95 bits per heavy atom. The molecule has 1 N–H and O–H groups in total. The lowest BCUT2D eigenvalue weighted by atomic mass is 9.90. The first-order valence-corrected chi connectivity index (χ1v) is 8.94. The second kappa shape index (κ2) is 7.08. The highest BCUT2D eigenvalue weighted by Gasteiger charge is 2.37. The molecule has 19 heavy (non-hydrogen) atoms. The van der Waals surface area contributed by atoms with Crippen LogP contribution < -0.4 is 5.32 Å². The van der Waals surface area contributed by atoms with Gasteiger partial charge in [-0.15, -0.1) is 0 Å². The lowest BCUT2D eigenvalue weighted by Crippen LogP contribution is -2.43. The van der Waals surface area contributed by atoms with E-state index in [1.807, 2.05) is 0 Å². The number of rotatable bonds is 1. The van der Waals surface area contributed by atoms with Crippen LogP contribution in [0.1, 0.15) is 83.5 Å². The lowest BCUT2D eigenvalue weighted by molar-refractivity contribution is 0.133. The number of fused-ring (bicyclic) bond motifs is 1. The molecule has 1 saturated heterocycles. The summed E-state index contributed by atoms with van der Waals surface area (Å²) in [5, 5.41) is 3.84. The van der Waals surface area contributed by atoms with E-state index in [1.54, 1.807) is 0 Å². The van der Waals surface area contributed by atoms with Crippen molar-refractivity contribution in [3.8, 4) is 0 Å². The molecule has 110 valence electrons. The van der Waals surface area contributed by atoms with Crippen LogP contribution in [0.25, 0.3) is 0 Å². The predicted octanol–water partition coefficient (Wildman–Crippen LogP) is 4.05. The summed E-state index contributed by atoms with van der Waals surface area (Å²) in [6.45, 7) is 1.18. The van der Waals surface area contributed by atoms with Crippen molar-refractivity contribution < 1.29 is 0 Å². The van der Waals surface area contributed by atoms with Crippen molar-refractivity contribution in [3.63, 3.8) is 0 Å². The number of nitrogens with zero attached hydrogens (tertiary/aromatic N) is 1. The van der Waals surface area contributed by atoms with Gasteiger partial charge in [0.15, 0.2) is 0 Å². The van der Waals surface area contributed by atoms with Crippen molar-refractivity contribution in [2.45, 2.75) is 102 Å². The summed E-state index contributed by atoms with van der Waals surface area (Å²) < 4.78 is 0. The zero-order chi connectivity index (χ0) is 12.9. The van der Waals surface area contributed by atoms with Gasteiger partial charge in [0.1, 0.15) is 0 Å². The smallest absolute Gasteiger partial charge is 0.0489 e. The van der Waals surface area contributed by atoms with Crippen LogP contribution in [0.4, 0.5) is 0 Å². The van der Waals surface area contributed by atoms with Gasteiger partial charge in [-0.05, 0) is 25.7 Å². The van der Waals surface area contributed by atoms with E-state index in [2.05, 4.69) is 10.2 Å². The monoisotopic (exact) mass is 264 g/mol. The molecule has 1 heterocycles. The van der Waals surface area contributed by atoms with Gasteiger partial charge in [0.2, 0.25) is 0 Å². The van der Waals surface area contributed by atoms with Crippen molar-refractivity contribution in [1.29, 1.82) is 0 Å². The van der Waals surface area contributed by atoms with E-state index in [0.29, 0.717) is 0 Å². The Morgan fingerprint density at radius 2 is 1.21 bits per heavy atom. The van der Waals surface area contributed by atoms with Gasteiger partial charge in [-0.1, -0.05) is 57.8 Å². The molecular weight excluding hydrogens is 232 g/mol. The van der Waals surface area contributed by atoms with Crippen molar-refractivity contribution in [3.05, 3.63) is 0 Å². The standard InChI is InChI=1S/C17H32N2/c1-2-6-10-15(11-7-3-1)19-14-18-16-12-8-4-5-9-13-17(16)19/h15-18H,1-14H2.